The van der Waals surface area contributed by atoms with Gasteiger partial charge in [0.15, 0.2) is 0 Å². The maximum absolute atomic E-state index is 5.26. The molecule has 0 aromatic heterocycles. The van der Waals surface area contributed by atoms with Gasteiger partial charge in [0.2, 0.25) is 0 Å². The molecular weight excluding hydrogens is 186 g/mol. The highest BCUT2D eigenvalue weighted by atomic mass is 127. The van der Waals surface area contributed by atoms with Crippen molar-refractivity contribution >= 4 is 34.2 Å². The summed E-state index contributed by atoms with van der Waals surface area (Å²) in [6, 6.07) is 0. The van der Waals surface area contributed by atoms with Gasteiger partial charge in [-0.1, -0.05) is 22.6 Å². The van der Waals surface area contributed by atoms with E-state index in [0.717, 1.165) is 0 Å². The van der Waals surface area contributed by atoms with Gasteiger partial charge in [0.05, 0.1) is 3.38 Å². The summed E-state index contributed by atoms with van der Waals surface area (Å²) in [6.45, 7) is 1.92. The molecule has 2 heteroatoms. The molecule has 0 aromatic carbocycles. The second-order valence-corrected chi connectivity index (χ2v) is 3.78. The molecule has 4 heavy (non-hydrogen) atoms. The van der Waals surface area contributed by atoms with Crippen LogP contribution in [-0.2, 0) is 0 Å². The van der Waals surface area contributed by atoms with E-state index in [4.69, 9.17) is 11.6 Å². The van der Waals surface area contributed by atoms with Crippen LogP contribution in [0.1, 0.15) is 6.92 Å². The van der Waals surface area contributed by atoms with Crippen molar-refractivity contribution in [1.82, 2.24) is 0 Å². The molecule has 0 saturated heterocycles. The first kappa shape index (κ1) is 5.02. The van der Waals surface area contributed by atoms with Crippen LogP contribution in [0, 0.1) is 0 Å². The molecule has 0 spiro atoms. The summed E-state index contributed by atoms with van der Waals surface area (Å²) in [6.07, 6.45) is 0. The molecular formula is C2H4ClI. The third-order valence-corrected chi connectivity index (χ3v) is 0. The van der Waals surface area contributed by atoms with Crippen LogP contribution in [0.15, 0.2) is 0 Å². The molecule has 0 saturated carbocycles. The van der Waals surface area contributed by atoms with E-state index in [1.807, 2.05) is 6.92 Å². The highest BCUT2D eigenvalue weighted by Crippen LogP contribution is 2.00. The normalized spacial score (nSPS) is 15.8. The van der Waals surface area contributed by atoms with Crippen molar-refractivity contribution in [3.8, 4) is 0 Å². The predicted molar refractivity (Wildman–Crippen MR) is 29.3 cm³/mol. The van der Waals surface area contributed by atoms with Gasteiger partial charge in [-0.25, -0.2) is 0 Å². The van der Waals surface area contributed by atoms with Crippen LogP contribution in [-0.4, -0.2) is 3.38 Å². The van der Waals surface area contributed by atoms with Gasteiger partial charge in [0.25, 0.3) is 0 Å². The average Bonchev–Trinajstić information content (AvgIpc) is 0.811. The number of halogens is 2. The Hall–Kier alpha value is 1.02. The Morgan fingerprint density at radius 3 is 2.00 bits per heavy atom. The summed E-state index contributed by atoms with van der Waals surface area (Å²) in [5, 5.41) is 0. The SMILES string of the molecule is C[C@@H](Cl)I. The van der Waals surface area contributed by atoms with Crippen LogP contribution in [0.2, 0.25) is 0 Å². The van der Waals surface area contributed by atoms with Crippen LogP contribution in [0.3, 0.4) is 0 Å². The van der Waals surface area contributed by atoms with Gasteiger partial charge in [0.1, 0.15) is 0 Å². The van der Waals surface area contributed by atoms with Gasteiger partial charge in [-0.15, -0.1) is 11.6 Å². The second kappa shape index (κ2) is 2.27. The lowest BCUT2D eigenvalue weighted by atomic mass is 11.0. The standard InChI is InChI=1S/C2H4ClI/c1-2(3)4/h2H,1H3/t2-/m0/s1. The lowest BCUT2D eigenvalue weighted by Crippen LogP contribution is -1.61. The van der Waals surface area contributed by atoms with E-state index in [1.165, 1.54) is 0 Å². The van der Waals surface area contributed by atoms with E-state index in [1.54, 1.807) is 0 Å². The van der Waals surface area contributed by atoms with Crippen molar-refractivity contribution in [3.63, 3.8) is 0 Å². The Balaban J connectivity index is 2.32. The molecule has 0 amide bonds. The fraction of sp³-hybridized carbons (Fsp3) is 1.00. The van der Waals surface area contributed by atoms with E-state index in [9.17, 15) is 0 Å². The Labute approximate surface area is 44.7 Å². The minimum Gasteiger partial charge on any atom is -0.112 e. The van der Waals surface area contributed by atoms with Crippen LogP contribution in [0.4, 0.5) is 0 Å². The first-order valence-electron chi connectivity index (χ1n) is 1.01. The van der Waals surface area contributed by atoms with Crippen LogP contribution >= 0.6 is 34.2 Å². The maximum atomic E-state index is 5.26. The van der Waals surface area contributed by atoms with Crippen molar-refractivity contribution < 1.29 is 0 Å². The summed E-state index contributed by atoms with van der Waals surface area (Å²) < 4.78 is 0.276. The second-order valence-electron chi connectivity index (χ2n) is 0.519. The number of alkyl halides is 2. The summed E-state index contributed by atoms with van der Waals surface area (Å²) in [4.78, 5) is 0. The highest BCUT2D eigenvalue weighted by molar-refractivity contribution is 14.1. The summed E-state index contributed by atoms with van der Waals surface area (Å²) in [5.41, 5.74) is 0. The number of hydrogen-bond acceptors (Lipinski definition) is 0. The zero-order valence-corrected chi connectivity index (χ0v) is 5.25. The van der Waals surface area contributed by atoms with Crippen LogP contribution in [0.5, 0.6) is 0 Å². The van der Waals surface area contributed by atoms with E-state index < -0.39 is 0 Å². The van der Waals surface area contributed by atoms with Gasteiger partial charge in [0, 0.05) is 0 Å². The van der Waals surface area contributed by atoms with Crippen LogP contribution in [0.25, 0.3) is 0 Å². The summed E-state index contributed by atoms with van der Waals surface area (Å²) >= 11 is 7.37. The maximum Gasteiger partial charge on any atom is 0.0822 e. The van der Waals surface area contributed by atoms with E-state index in [2.05, 4.69) is 22.6 Å². The lowest BCUT2D eigenvalue weighted by Gasteiger charge is -1.73. The van der Waals surface area contributed by atoms with Crippen molar-refractivity contribution in [1.29, 1.82) is 0 Å². The molecule has 0 rings (SSSR count). The van der Waals surface area contributed by atoms with Crippen molar-refractivity contribution in [3.05, 3.63) is 0 Å². The Kier molecular flexibility index (Phi) is 2.85. The van der Waals surface area contributed by atoms with E-state index in [-0.39, 0.29) is 3.38 Å². The number of hydrogen-bond donors (Lipinski definition) is 0. The van der Waals surface area contributed by atoms with Gasteiger partial charge < -0.3 is 0 Å². The average molecular weight is 190 g/mol. The Morgan fingerprint density at radius 2 is 2.00 bits per heavy atom. The molecule has 0 aromatic rings. The first-order chi connectivity index (χ1) is 1.73. The molecule has 0 fully saturated rings. The third kappa shape index (κ3) is 11.8. The molecule has 26 valence electrons. The minimum absolute atomic E-state index is 0.276. The zero-order chi connectivity index (χ0) is 3.58. The molecule has 0 nitrogen and oxygen atoms in total. The quantitative estimate of drug-likeness (QED) is 0.405. The lowest BCUT2D eigenvalue weighted by molar-refractivity contribution is 1.46. The van der Waals surface area contributed by atoms with Gasteiger partial charge >= 0.3 is 0 Å². The van der Waals surface area contributed by atoms with E-state index >= 15 is 0 Å². The number of rotatable bonds is 0. The zero-order valence-electron chi connectivity index (χ0n) is 2.33. The van der Waals surface area contributed by atoms with Gasteiger partial charge in [-0.3, -0.25) is 0 Å². The Morgan fingerprint density at radius 1 is 2.00 bits per heavy atom. The van der Waals surface area contributed by atoms with Crippen molar-refractivity contribution in [2.75, 3.05) is 0 Å². The van der Waals surface area contributed by atoms with Gasteiger partial charge in [-0.2, -0.15) is 0 Å². The molecule has 0 unspecified atom stereocenters. The van der Waals surface area contributed by atoms with Crippen molar-refractivity contribution in [2.24, 2.45) is 0 Å². The summed E-state index contributed by atoms with van der Waals surface area (Å²) in [7, 11) is 0. The van der Waals surface area contributed by atoms with Crippen LogP contribution < -0.4 is 0 Å². The molecule has 0 aliphatic heterocycles. The van der Waals surface area contributed by atoms with Crippen molar-refractivity contribution in [2.45, 2.75) is 10.3 Å². The van der Waals surface area contributed by atoms with Gasteiger partial charge in [-0.05, 0) is 6.92 Å². The third-order valence-electron chi connectivity index (χ3n) is 0. The summed E-state index contributed by atoms with van der Waals surface area (Å²) in [5.74, 6) is 0. The topological polar surface area (TPSA) is 0 Å². The molecule has 1 atom stereocenters. The fourth-order valence-electron chi connectivity index (χ4n) is 0. The Bertz CT molecular complexity index is 10.8. The molecule has 0 radical (unpaired) electrons. The largest absolute Gasteiger partial charge is 0.112 e. The molecule has 0 bridgehead atoms. The predicted octanol–water partition coefficient (Wildman–Crippen LogP) is 2.01. The highest BCUT2D eigenvalue weighted by Gasteiger charge is 1.74. The van der Waals surface area contributed by atoms with E-state index in [0.29, 0.717) is 0 Å². The fourth-order valence-corrected chi connectivity index (χ4v) is 0. The monoisotopic (exact) mass is 190 g/mol. The molecule has 0 aliphatic rings. The molecule has 0 heterocycles. The minimum atomic E-state index is 0.276. The molecule has 0 aliphatic carbocycles. The molecule has 0 N–H and O–H groups in total. The smallest absolute Gasteiger partial charge is 0.0822 e. The first-order valence-corrected chi connectivity index (χ1v) is 2.70.